The number of hydrogen-bond acceptors (Lipinski definition) is 2. The summed E-state index contributed by atoms with van der Waals surface area (Å²) in [5.74, 6) is 0. The fourth-order valence-electron chi connectivity index (χ4n) is 3.07. The molecule has 0 unspecified atom stereocenters. The first-order valence-corrected chi connectivity index (χ1v) is 12.0. The van der Waals surface area contributed by atoms with Gasteiger partial charge in [0.15, 0.2) is 0 Å². The van der Waals surface area contributed by atoms with E-state index in [1.165, 1.54) is 33.4 Å². The van der Waals surface area contributed by atoms with E-state index in [9.17, 15) is 13.2 Å². The van der Waals surface area contributed by atoms with Gasteiger partial charge in [0.1, 0.15) is 8.07 Å². The lowest BCUT2D eigenvalue weighted by molar-refractivity contribution is -0.137. The van der Waals surface area contributed by atoms with Crippen LogP contribution >= 0.6 is 11.3 Å². The Morgan fingerprint density at radius 2 is 1.62 bits per heavy atom. The first-order chi connectivity index (χ1) is 12.2. The maximum atomic E-state index is 13.0. The van der Waals surface area contributed by atoms with Crippen LogP contribution in [0.4, 0.5) is 13.2 Å². The summed E-state index contributed by atoms with van der Waals surface area (Å²) in [7, 11) is -2.09. The van der Waals surface area contributed by atoms with Crippen LogP contribution in [-0.2, 0) is 6.18 Å². The van der Waals surface area contributed by atoms with Crippen LogP contribution in [0, 0.1) is 0 Å². The summed E-state index contributed by atoms with van der Waals surface area (Å²) in [6, 6.07) is 18.4. The summed E-state index contributed by atoms with van der Waals surface area (Å²) < 4.78 is 40.6. The molecule has 26 heavy (non-hydrogen) atoms. The minimum atomic E-state index is -4.34. The third-order valence-electron chi connectivity index (χ3n) is 4.72. The van der Waals surface area contributed by atoms with Gasteiger partial charge in [-0.15, -0.1) is 11.3 Å². The molecular formula is C20H16F3NSSi. The molecule has 1 heterocycles. The van der Waals surface area contributed by atoms with Gasteiger partial charge in [0.2, 0.25) is 0 Å². The molecule has 4 aromatic rings. The molecule has 0 aliphatic heterocycles. The Balaban J connectivity index is 1.81. The second kappa shape index (κ2) is 5.92. The van der Waals surface area contributed by atoms with Crippen LogP contribution in [0.25, 0.3) is 21.0 Å². The highest BCUT2D eigenvalue weighted by Crippen LogP contribution is 2.32. The molecule has 0 atom stereocenters. The normalized spacial score (nSPS) is 12.8. The van der Waals surface area contributed by atoms with Crippen molar-refractivity contribution in [3.05, 3.63) is 66.2 Å². The smallest absolute Gasteiger partial charge is 0.246 e. The fourth-order valence-corrected chi connectivity index (χ4v) is 7.14. The zero-order chi connectivity index (χ0) is 18.5. The number of halogens is 3. The maximum absolute atomic E-state index is 13.0. The molecule has 0 amide bonds. The van der Waals surface area contributed by atoms with E-state index in [4.69, 9.17) is 0 Å². The molecule has 0 saturated carbocycles. The van der Waals surface area contributed by atoms with Crippen molar-refractivity contribution < 1.29 is 13.2 Å². The lowest BCUT2D eigenvalue weighted by atomic mass is 10.1. The number of benzene rings is 3. The first-order valence-electron chi connectivity index (χ1n) is 8.23. The number of aromatic nitrogens is 1. The molecule has 3 aromatic carbocycles. The van der Waals surface area contributed by atoms with Crippen molar-refractivity contribution in [1.82, 2.24) is 4.98 Å². The van der Waals surface area contributed by atoms with Crippen LogP contribution in [-0.4, -0.2) is 13.1 Å². The van der Waals surface area contributed by atoms with Gasteiger partial charge in [0, 0.05) is 0 Å². The molecule has 1 aromatic heterocycles. The lowest BCUT2D eigenvalue weighted by Gasteiger charge is -2.20. The molecule has 4 rings (SSSR count). The number of rotatable bonds is 2. The minimum absolute atomic E-state index is 0.432. The number of fused-ring (bicyclic) bond motifs is 2. The van der Waals surface area contributed by atoms with Gasteiger partial charge in [-0.2, -0.15) is 13.2 Å². The van der Waals surface area contributed by atoms with Crippen molar-refractivity contribution in [1.29, 1.82) is 0 Å². The molecule has 0 aliphatic carbocycles. The van der Waals surface area contributed by atoms with Gasteiger partial charge in [-0.1, -0.05) is 60.7 Å². The van der Waals surface area contributed by atoms with Crippen LogP contribution in [0.3, 0.4) is 0 Å². The Bertz CT molecular complexity index is 1110. The minimum Gasteiger partial charge on any atom is -0.246 e. The number of hydrogen-bond donors (Lipinski definition) is 0. The molecule has 1 nitrogen and oxygen atoms in total. The van der Waals surface area contributed by atoms with Crippen molar-refractivity contribution in [2.45, 2.75) is 19.3 Å². The van der Waals surface area contributed by atoms with E-state index in [1.807, 2.05) is 12.1 Å². The summed E-state index contributed by atoms with van der Waals surface area (Å²) >= 11 is 1.51. The summed E-state index contributed by atoms with van der Waals surface area (Å²) in [6.07, 6.45) is -4.34. The second-order valence-electron chi connectivity index (χ2n) is 6.89. The van der Waals surface area contributed by atoms with Gasteiger partial charge in [-0.3, -0.25) is 0 Å². The van der Waals surface area contributed by atoms with Gasteiger partial charge in [-0.05, 0) is 29.0 Å². The van der Waals surface area contributed by atoms with E-state index in [2.05, 4.69) is 48.4 Å². The average molecular weight is 388 g/mol. The molecule has 0 bridgehead atoms. The highest BCUT2D eigenvalue weighted by molar-refractivity contribution is 7.32. The summed E-state index contributed by atoms with van der Waals surface area (Å²) in [4.78, 5) is 4.60. The fraction of sp³-hybridized carbons (Fsp3) is 0.150. The molecule has 6 heteroatoms. The molecule has 132 valence electrons. The Morgan fingerprint density at radius 1 is 0.885 bits per heavy atom. The van der Waals surface area contributed by atoms with Gasteiger partial charge >= 0.3 is 6.18 Å². The Hall–Kier alpha value is -2.18. The predicted molar refractivity (Wildman–Crippen MR) is 105 cm³/mol. The summed E-state index contributed by atoms with van der Waals surface area (Å²) in [5, 5.41) is 3.58. The largest absolute Gasteiger partial charge is 0.416 e. The second-order valence-corrected chi connectivity index (χ2v) is 12.6. The quantitative estimate of drug-likeness (QED) is 0.426. The lowest BCUT2D eigenvalue weighted by Crippen LogP contribution is -2.52. The molecule has 0 N–H and O–H groups in total. The Kier molecular flexibility index (Phi) is 3.93. The highest BCUT2D eigenvalue weighted by atomic mass is 32.1. The van der Waals surface area contributed by atoms with Crippen molar-refractivity contribution in [3.8, 4) is 0 Å². The zero-order valence-corrected chi connectivity index (χ0v) is 16.1. The topological polar surface area (TPSA) is 12.9 Å². The number of alkyl halides is 3. The van der Waals surface area contributed by atoms with Crippen LogP contribution < -0.4 is 9.82 Å². The SMILES string of the molecule is C[Si](C)(c1ccc2ccccc2c1)c1nc2cc(C(F)(F)F)ccc2s1. The van der Waals surface area contributed by atoms with E-state index in [0.717, 1.165) is 21.5 Å². The van der Waals surface area contributed by atoms with Crippen molar-refractivity contribution in [3.63, 3.8) is 0 Å². The molecule has 0 spiro atoms. The van der Waals surface area contributed by atoms with Crippen molar-refractivity contribution in [2.24, 2.45) is 0 Å². The number of thiazole rings is 1. The third-order valence-corrected chi connectivity index (χ3v) is 10.3. The summed E-state index contributed by atoms with van der Waals surface area (Å²) in [6.45, 7) is 4.39. The Labute approximate surface area is 154 Å². The van der Waals surface area contributed by atoms with Gasteiger partial charge in [0.05, 0.1) is 20.4 Å². The predicted octanol–water partition coefficient (Wildman–Crippen LogP) is 5.29. The first kappa shape index (κ1) is 17.2. The van der Waals surface area contributed by atoms with E-state index in [-0.39, 0.29) is 0 Å². The van der Waals surface area contributed by atoms with E-state index in [0.29, 0.717) is 5.52 Å². The molecule has 0 aliphatic rings. The van der Waals surface area contributed by atoms with E-state index >= 15 is 0 Å². The molecular weight excluding hydrogens is 371 g/mol. The van der Waals surface area contributed by atoms with Gasteiger partial charge in [0.25, 0.3) is 0 Å². The summed E-state index contributed by atoms with van der Waals surface area (Å²) in [5.41, 5.74) is -0.215. The van der Waals surface area contributed by atoms with Crippen LogP contribution in [0.2, 0.25) is 13.1 Å². The zero-order valence-electron chi connectivity index (χ0n) is 14.3. The standard InChI is InChI=1S/C20H16F3NSSi/c1-26(2,16-9-7-13-5-3-4-6-14(13)11-16)19-24-17-12-15(20(21,22)23)8-10-18(17)25-19/h3-12H,1-2H3. The maximum Gasteiger partial charge on any atom is 0.416 e. The third kappa shape index (κ3) is 2.93. The highest BCUT2D eigenvalue weighted by Gasteiger charge is 2.33. The van der Waals surface area contributed by atoms with Crippen LogP contribution in [0.1, 0.15) is 5.56 Å². The number of nitrogens with zero attached hydrogens (tertiary/aromatic N) is 1. The molecule has 0 saturated heterocycles. The molecule has 0 fully saturated rings. The van der Waals surface area contributed by atoms with E-state index in [1.54, 1.807) is 0 Å². The monoisotopic (exact) mass is 387 g/mol. The van der Waals surface area contributed by atoms with Crippen molar-refractivity contribution in [2.75, 3.05) is 0 Å². The average Bonchev–Trinajstić information content (AvgIpc) is 3.04. The van der Waals surface area contributed by atoms with E-state index < -0.39 is 19.8 Å². The molecule has 0 radical (unpaired) electrons. The van der Waals surface area contributed by atoms with Gasteiger partial charge < -0.3 is 0 Å². The Morgan fingerprint density at radius 3 is 2.35 bits per heavy atom. The van der Waals surface area contributed by atoms with Gasteiger partial charge in [-0.25, -0.2) is 4.98 Å². The van der Waals surface area contributed by atoms with Crippen LogP contribution in [0.15, 0.2) is 60.7 Å². The van der Waals surface area contributed by atoms with Crippen molar-refractivity contribution >= 4 is 50.2 Å². The van der Waals surface area contributed by atoms with Crippen LogP contribution in [0.5, 0.6) is 0 Å².